The van der Waals surface area contributed by atoms with Crippen molar-refractivity contribution in [3.8, 4) is 0 Å². The van der Waals surface area contributed by atoms with Crippen molar-refractivity contribution in [1.82, 2.24) is 10.2 Å². The van der Waals surface area contributed by atoms with Crippen LogP contribution in [0.4, 0.5) is 4.79 Å². The second kappa shape index (κ2) is 6.46. The normalized spacial score (nSPS) is 32.8. The molecule has 3 aliphatic heterocycles. The number of azo groups is 1. The van der Waals surface area contributed by atoms with Crippen LogP contribution >= 0.6 is 0 Å². The Hall–Kier alpha value is -2.44. The quantitative estimate of drug-likeness (QED) is 0.855. The third kappa shape index (κ3) is 2.88. The summed E-state index contributed by atoms with van der Waals surface area (Å²) in [5.41, 5.74) is 0.877. The average Bonchev–Trinajstić information content (AvgIpc) is 2.89. The van der Waals surface area contributed by atoms with Crippen LogP contribution in [0.1, 0.15) is 32.6 Å². The van der Waals surface area contributed by atoms with E-state index in [0.717, 1.165) is 31.3 Å². The van der Waals surface area contributed by atoms with Gasteiger partial charge in [-0.2, -0.15) is 0 Å². The van der Waals surface area contributed by atoms with Crippen molar-refractivity contribution in [2.24, 2.45) is 16.1 Å². The lowest BCUT2D eigenvalue weighted by Crippen LogP contribution is -2.51. The lowest BCUT2D eigenvalue weighted by molar-refractivity contribution is -0.120. The molecule has 4 aliphatic rings. The molecule has 0 saturated carbocycles. The SMILES string of the molecule is CCOC(=O)N1[C@@H]2CC[C@H]1CC(NC1=C3C=CC=CC3C(=O)N=N1)C2. The van der Waals surface area contributed by atoms with Crippen LogP contribution in [-0.4, -0.2) is 41.6 Å². The first kappa shape index (κ1) is 16.1. The summed E-state index contributed by atoms with van der Waals surface area (Å²) in [6.45, 7) is 2.24. The maximum atomic E-state index is 12.2. The summed E-state index contributed by atoms with van der Waals surface area (Å²) >= 11 is 0. The number of nitrogens with zero attached hydrogens (tertiary/aromatic N) is 3. The summed E-state index contributed by atoms with van der Waals surface area (Å²) in [7, 11) is 0. The first-order chi connectivity index (χ1) is 12.2. The summed E-state index contributed by atoms with van der Waals surface area (Å²) in [4.78, 5) is 26.0. The Kier molecular flexibility index (Phi) is 4.15. The standard InChI is InChI=1S/C18H22N4O3/c1-2-25-18(24)22-12-7-8-13(22)10-11(9-12)19-16-14-5-3-4-6-15(14)17(23)21-20-16/h3-6,11-13,15,19H,2,7-10H2,1H3/t11?,12-,13+,15?. The van der Waals surface area contributed by atoms with Crippen LogP contribution in [0.15, 0.2) is 45.9 Å². The van der Waals surface area contributed by atoms with Crippen molar-refractivity contribution in [1.29, 1.82) is 0 Å². The molecule has 0 spiro atoms. The zero-order chi connectivity index (χ0) is 17.4. The highest BCUT2D eigenvalue weighted by molar-refractivity contribution is 5.86. The minimum absolute atomic E-state index is 0.196. The molecule has 2 saturated heterocycles. The van der Waals surface area contributed by atoms with Crippen LogP contribution in [0.5, 0.6) is 0 Å². The van der Waals surface area contributed by atoms with E-state index < -0.39 is 0 Å². The van der Waals surface area contributed by atoms with Crippen molar-refractivity contribution in [2.75, 3.05) is 6.61 Å². The zero-order valence-electron chi connectivity index (χ0n) is 14.2. The van der Waals surface area contributed by atoms with Gasteiger partial charge in [0.2, 0.25) is 0 Å². The van der Waals surface area contributed by atoms with Crippen LogP contribution in [-0.2, 0) is 9.53 Å². The molecule has 2 unspecified atom stereocenters. The summed E-state index contributed by atoms with van der Waals surface area (Å²) in [6.07, 6.45) is 11.1. The van der Waals surface area contributed by atoms with Gasteiger partial charge in [0, 0.05) is 23.7 Å². The molecule has 3 heterocycles. The van der Waals surface area contributed by atoms with Gasteiger partial charge in [0.25, 0.3) is 5.91 Å². The molecule has 132 valence electrons. The molecule has 4 atom stereocenters. The fourth-order valence-electron chi connectivity index (χ4n) is 4.30. The summed E-state index contributed by atoms with van der Waals surface area (Å²) in [5.74, 6) is 0.124. The number of ether oxygens (including phenoxy) is 1. The Morgan fingerprint density at radius 3 is 2.76 bits per heavy atom. The Bertz CT molecular complexity index is 695. The number of rotatable bonds is 3. The molecule has 0 aromatic heterocycles. The van der Waals surface area contributed by atoms with Gasteiger partial charge in [0.15, 0.2) is 5.82 Å². The van der Waals surface area contributed by atoms with Crippen molar-refractivity contribution >= 4 is 12.0 Å². The number of hydrogen-bond acceptors (Lipinski definition) is 5. The third-order valence-corrected chi connectivity index (χ3v) is 5.37. The first-order valence-corrected chi connectivity index (χ1v) is 8.93. The van der Waals surface area contributed by atoms with E-state index in [1.807, 2.05) is 36.1 Å². The first-order valence-electron chi connectivity index (χ1n) is 8.93. The largest absolute Gasteiger partial charge is 0.450 e. The van der Waals surface area contributed by atoms with E-state index in [0.29, 0.717) is 12.4 Å². The number of allylic oxidation sites excluding steroid dienone is 3. The van der Waals surface area contributed by atoms with E-state index in [-0.39, 0.29) is 36.0 Å². The topological polar surface area (TPSA) is 83.4 Å². The number of amides is 2. The maximum Gasteiger partial charge on any atom is 0.410 e. The van der Waals surface area contributed by atoms with E-state index in [1.165, 1.54) is 0 Å². The molecular formula is C18H22N4O3. The van der Waals surface area contributed by atoms with Crippen LogP contribution in [0, 0.1) is 5.92 Å². The Morgan fingerprint density at radius 2 is 2.04 bits per heavy atom. The molecule has 25 heavy (non-hydrogen) atoms. The lowest BCUT2D eigenvalue weighted by atomic mass is 9.92. The monoisotopic (exact) mass is 342 g/mol. The molecule has 1 N–H and O–H groups in total. The molecule has 0 radical (unpaired) electrons. The predicted molar refractivity (Wildman–Crippen MR) is 90.5 cm³/mol. The lowest BCUT2D eigenvalue weighted by Gasteiger charge is -2.39. The fraction of sp³-hybridized carbons (Fsp3) is 0.556. The Morgan fingerprint density at radius 1 is 1.28 bits per heavy atom. The smallest absolute Gasteiger partial charge is 0.410 e. The minimum Gasteiger partial charge on any atom is -0.450 e. The Balaban J connectivity index is 1.48. The summed E-state index contributed by atoms with van der Waals surface area (Å²) in [6, 6.07) is 0.638. The number of fused-ring (bicyclic) bond motifs is 3. The van der Waals surface area contributed by atoms with Crippen molar-refractivity contribution < 1.29 is 14.3 Å². The molecule has 4 rings (SSSR count). The Labute approximate surface area is 146 Å². The molecule has 7 heteroatoms. The van der Waals surface area contributed by atoms with Crippen molar-refractivity contribution in [3.05, 3.63) is 35.7 Å². The second-order valence-electron chi connectivity index (χ2n) is 6.87. The van der Waals surface area contributed by atoms with Crippen molar-refractivity contribution in [2.45, 2.75) is 50.7 Å². The number of piperidine rings is 1. The van der Waals surface area contributed by atoms with Gasteiger partial charge < -0.3 is 15.0 Å². The number of carbonyl (C=O) groups excluding carboxylic acids is 2. The number of carbonyl (C=O) groups is 2. The van der Waals surface area contributed by atoms with Crippen LogP contribution in [0.2, 0.25) is 0 Å². The van der Waals surface area contributed by atoms with Gasteiger partial charge in [-0.05, 0) is 32.6 Å². The summed E-state index contributed by atoms with van der Waals surface area (Å²) < 4.78 is 5.20. The number of nitrogens with one attached hydrogen (secondary N) is 1. The number of hydrogen-bond donors (Lipinski definition) is 1. The van der Waals surface area contributed by atoms with Gasteiger partial charge in [-0.3, -0.25) is 4.79 Å². The molecule has 2 fully saturated rings. The fourth-order valence-corrected chi connectivity index (χ4v) is 4.30. The van der Waals surface area contributed by atoms with Crippen LogP contribution in [0.25, 0.3) is 0 Å². The molecule has 0 aromatic rings. The van der Waals surface area contributed by atoms with E-state index in [1.54, 1.807) is 0 Å². The minimum atomic E-state index is -0.332. The molecular weight excluding hydrogens is 320 g/mol. The highest BCUT2D eigenvalue weighted by atomic mass is 16.6. The van der Waals surface area contributed by atoms with E-state index >= 15 is 0 Å². The van der Waals surface area contributed by atoms with E-state index in [4.69, 9.17) is 4.74 Å². The van der Waals surface area contributed by atoms with Gasteiger partial charge in [-0.1, -0.05) is 24.3 Å². The van der Waals surface area contributed by atoms with Gasteiger partial charge in [-0.15, -0.1) is 10.2 Å². The average molecular weight is 342 g/mol. The van der Waals surface area contributed by atoms with E-state index in [2.05, 4.69) is 15.5 Å². The zero-order valence-corrected chi connectivity index (χ0v) is 14.2. The molecule has 7 nitrogen and oxygen atoms in total. The molecule has 0 aromatic carbocycles. The van der Waals surface area contributed by atoms with E-state index in [9.17, 15) is 9.59 Å². The highest BCUT2D eigenvalue weighted by Crippen LogP contribution is 2.37. The second-order valence-corrected chi connectivity index (χ2v) is 6.87. The van der Waals surface area contributed by atoms with Gasteiger partial charge >= 0.3 is 6.09 Å². The predicted octanol–water partition coefficient (Wildman–Crippen LogP) is 2.67. The molecule has 1 aliphatic carbocycles. The van der Waals surface area contributed by atoms with Crippen LogP contribution in [0.3, 0.4) is 0 Å². The van der Waals surface area contributed by atoms with Gasteiger partial charge in [0.1, 0.15) is 0 Å². The van der Waals surface area contributed by atoms with Gasteiger partial charge in [-0.25, -0.2) is 4.79 Å². The maximum absolute atomic E-state index is 12.2. The molecule has 2 amide bonds. The molecule has 2 bridgehead atoms. The van der Waals surface area contributed by atoms with Crippen molar-refractivity contribution in [3.63, 3.8) is 0 Å². The van der Waals surface area contributed by atoms with Gasteiger partial charge in [0.05, 0.1) is 12.5 Å². The third-order valence-electron chi connectivity index (χ3n) is 5.37. The summed E-state index contributed by atoms with van der Waals surface area (Å²) in [5, 5.41) is 11.3. The van der Waals surface area contributed by atoms with Crippen LogP contribution < -0.4 is 5.32 Å². The highest BCUT2D eigenvalue weighted by Gasteiger charge is 2.44.